The zero-order valence-electron chi connectivity index (χ0n) is 14.4. The van der Waals surface area contributed by atoms with Crippen LogP contribution in [0, 0.1) is 5.92 Å². The van der Waals surface area contributed by atoms with Crippen LogP contribution in [0.4, 0.5) is 10.6 Å². The Labute approximate surface area is 147 Å². The second kappa shape index (κ2) is 8.07. The van der Waals surface area contributed by atoms with E-state index in [1.165, 1.54) is 0 Å². The van der Waals surface area contributed by atoms with Crippen LogP contribution in [-0.2, 0) is 0 Å². The molecule has 1 aliphatic carbocycles. The van der Waals surface area contributed by atoms with Crippen LogP contribution in [0.2, 0.25) is 0 Å². The number of aliphatic hydroxyl groups excluding tert-OH is 1. The largest absolute Gasteiger partial charge is 0.393 e. The van der Waals surface area contributed by atoms with E-state index in [0.29, 0.717) is 12.4 Å². The number of aromatic nitrogens is 2. The molecule has 25 heavy (non-hydrogen) atoms. The molecule has 0 spiro atoms. The Morgan fingerprint density at radius 1 is 1.16 bits per heavy atom. The fourth-order valence-corrected chi connectivity index (χ4v) is 3.20. The molecule has 0 aliphatic heterocycles. The molecule has 1 heterocycles. The van der Waals surface area contributed by atoms with Crippen LogP contribution in [-0.4, -0.2) is 45.9 Å². The van der Waals surface area contributed by atoms with E-state index < -0.39 is 0 Å². The van der Waals surface area contributed by atoms with Crippen molar-refractivity contribution in [3.8, 4) is 11.3 Å². The van der Waals surface area contributed by atoms with Gasteiger partial charge in [0.15, 0.2) is 5.82 Å². The molecular formula is C19H24N4O2. The van der Waals surface area contributed by atoms with Gasteiger partial charge in [0.05, 0.1) is 11.8 Å². The van der Waals surface area contributed by atoms with Gasteiger partial charge in [0, 0.05) is 25.1 Å². The van der Waals surface area contributed by atoms with Crippen molar-refractivity contribution in [2.24, 2.45) is 5.92 Å². The average Bonchev–Trinajstić information content (AvgIpc) is 2.65. The highest BCUT2D eigenvalue weighted by Gasteiger charge is 2.25. The van der Waals surface area contributed by atoms with Gasteiger partial charge in [-0.25, -0.2) is 4.79 Å². The molecule has 1 aromatic carbocycles. The fraction of sp³-hybridized carbons (Fsp3) is 0.421. The van der Waals surface area contributed by atoms with Gasteiger partial charge in [-0.3, -0.25) is 5.32 Å². The number of aliphatic hydroxyl groups is 1. The monoisotopic (exact) mass is 340 g/mol. The number of nitrogens with zero attached hydrogens (tertiary/aromatic N) is 3. The van der Waals surface area contributed by atoms with Crippen molar-refractivity contribution in [3.05, 3.63) is 42.5 Å². The topological polar surface area (TPSA) is 78.4 Å². The minimum Gasteiger partial charge on any atom is -0.393 e. The number of benzene rings is 1. The first-order chi connectivity index (χ1) is 12.1. The summed E-state index contributed by atoms with van der Waals surface area (Å²) in [5, 5.41) is 21.1. The van der Waals surface area contributed by atoms with Gasteiger partial charge in [0.1, 0.15) is 0 Å². The third kappa shape index (κ3) is 4.54. The molecule has 1 aliphatic rings. The second-order valence-electron chi connectivity index (χ2n) is 6.59. The van der Waals surface area contributed by atoms with E-state index in [4.69, 9.17) is 0 Å². The third-order valence-electron chi connectivity index (χ3n) is 4.69. The molecule has 1 saturated carbocycles. The number of anilines is 1. The van der Waals surface area contributed by atoms with Crippen LogP contribution in [0.5, 0.6) is 0 Å². The number of urea groups is 1. The molecule has 1 aromatic heterocycles. The molecule has 2 unspecified atom stereocenters. The SMILES string of the molecule is CN(CC1CCCCC1O)C(=O)Nc1ccc(-c2ccccc2)nn1. The van der Waals surface area contributed by atoms with Crippen LogP contribution in [0.15, 0.2) is 42.5 Å². The summed E-state index contributed by atoms with van der Waals surface area (Å²) in [5.41, 5.74) is 1.74. The van der Waals surface area contributed by atoms with Gasteiger partial charge in [-0.2, -0.15) is 0 Å². The molecule has 3 rings (SSSR count). The molecule has 0 bridgehead atoms. The maximum absolute atomic E-state index is 12.3. The summed E-state index contributed by atoms with van der Waals surface area (Å²) in [4.78, 5) is 13.9. The van der Waals surface area contributed by atoms with Gasteiger partial charge in [-0.1, -0.05) is 43.2 Å². The number of amides is 2. The third-order valence-corrected chi connectivity index (χ3v) is 4.69. The number of nitrogens with one attached hydrogen (secondary N) is 1. The predicted molar refractivity (Wildman–Crippen MR) is 97.1 cm³/mol. The molecule has 6 nitrogen and oxygen atoms in total. The van der Waals surface area contributed by atoms with Crippen LogP contribution < -0.4 is 5.32 Å². The predicted octanol–water partition coefficient (Wildman–Crippen LogP) is 3.16. The van der Waals surface area contributed by atoms with Gasteiger partial charge < -0.3 is 10.0 Å². The summed E-state index contributed by atoms with van der Waals surface area (Å²) >= 11 is 0. The van der Waals surface area contributed by atoms with E-state index in [-0.39, 0.29) is 18.1 Å². The van der Waals surface area contributed by atoms with Crippen molar-refractivity contribution in [2.45, 2.75) is 31.8 Å². The molecule has 2 atom stereocenters. The van der Waals surface area contributed by atoms with E-state index in [2.05, 4.69) is 15.5 Å². The van der Waals surface area contributed by atoms with E-state index in [1.807, 2.05) is 36.4 Å². The van der Waals surface area contributed by atoms with Gasteiger partial charge in [-0.05, 0) is 25.0 Å². The van der Waals surface area contributed by atoms with Crippen molar-refractivity contribution in [2.75, 3.05) is 18.9 Å². The van der Waals surface area contributed by atoms with E-state index in [0.717, 1.165) is 36.9 Å². The van der Waals surface area contributed by atoms with Crippen molar-refractivity contribution < 1.29 is 9.90 Å². The van der Waals surface area contributed by atoms with Crippen LogP contribution in [0.1, 0.15) is 25.7 Å². The fourth-order valence-electron chi connectivity index (χ4n) is 3.20. The number of hydrogen-bond donors (Lipinski definition) is 2. The number of rotatable bonds is 4. The molecule has 6 heteroatoms. The molecule has 2 N–H and O–H groups in total. The Kier molecular flexibility index (Phi) is 5.60. The average molecular weight is 340 g/mol. The Bertz CT molecular complexity index is 690. The Morgan fingerprint density at radius 3 is 2.60 bits per heavy atom. The summed E-state index contributed by atoms with van der Waals surface area (Å²) < 4.78 is 0. The Balaban J connectivity index is 1.57. The Hall–Kier alpha value is -2.47. The molecule has 0 radical (unpaired) electrons. The van der Waals surface area contributed by atoms with Crippen molar-refractivity contribution in [3.63, 3.8) is 0 Å². The Morgan fingerprint density at radius 2 is 1.92 bits per heavy atom. The minimum atomic E-state index is -0.311. The molecule has 0 saturated heterocycles. The summed E-state index contributed by atoms with van der Waals surface area (Å²) in [6, 6.07) is 13.1. The maximum Gasteiger partial charge on any atom is 0.322 e. The lowest BCUT2D eigenvalue weighted by Crippen LogP contribution is -2.40. The van der Waals surface area contributed by atoms with Crippen LogP contribution >= 0.6 is 0 Å². The van der Waals surface area contributed by atoms with Gasteiger partial charge in [0.25, 0.3) is 0 Å². The summed E-state index contributed by atoms with van der Waals surface area (Å²) in [6.07, 6.45) is 3.66. The highest BCUT2D eigenvalue weighted by Crippen LogP contribution is 2.25. The molecule has 2 aromatic rings. The lowest BCUT2D eigenvalue weighted by molar-refractivity contribution is 0.0575. The quantitative estimate of drug-likeness (QED) is 0.896. The highest BCUT2D eigenvalue weighted by atomic mass is 16.3. The first-order valence-electron chi connectivity index (χ1n) is 8.73. The van der Waals surface area contributed by atoms with Gasteiger partial charge in [0.2, 0.25) is 0 Å². The standard InChI is InChI=1S/C19H24N4O2/c1-23(13-15-9-5-6-10-17(15)24)19(25)20-18-12-11-16(21-22-18)14-7-3-2-4-8-14/h2-4,7-8,11-12,15,17,24H,5-6,9-10,13H2,1H3,(H,20,22,25). The molecular weight excluding hydrogens is 316 g/mol. The number of carbonyl (C=O) groups is 1. The summed E-state index contributed by atoms with van der Waals surface area (Å²) in [6.45, 7) is 0.544. The van der Waals surface area contributed by atoms with Crippen molar-refractivity contribution >= 4 is 11.8 Å². The summed E-state index contributed by atoms with van der Waals surface area (Å²) in [5.74, 6) is 0.566. The van der Waals surface area contributed by atoms with Gasteiger partial charge >= 0.3 is 6.03 Å². The first-order valence-corrected chi connectivity index (χ1v) is 8.73. The van der Waals surface area contributed by atoms with E-state index >= 15 is 0 Å². The maximum atomic E-state index is 12.3. The zero-order valence-corrected chi connectivity index (χ0v) is 14.4. The zero-order chi connectivity index (χ0) is 17.6. The van der Waals surface area contributed by atoms with E-state index in [1.54, 1.807) is 18.0 Å². The molecule has 132 valence electrons. The van der Waals surface area contributed by atoms with Crippen LogP contribution in [0.3, 0.4) is 0 Å². The lowest BCUT2D eigenvalue weighted by Gasteiger charge is -2.31. The number of hydrogen-bond acceptors (Lipinski definition) is 4. The minimum absolute atomic E-state index is 0.149. The molecule has 2 amide bonds. The summed E-state index contributed by atoms with van der Waals surface area (Å²) in [7, 11) is 1.74. The van der Waals surface area contributed by atoms with Crippen molar-refractivity contribution in [1.82, 2.24) is 15.1 Å². The van der Waals surface area contributed by atoms with Gasteiger partial charge in [-0.15, -0.1) is 10.2 Å². The molecule has 1 fully saturated rings. The highest BCUT2D eigenvalue weighted by molar-refractivity contribution is 5.88. The smallest absolute Gasteiger partial charge is 0.322 e. The van der Waals surface area contributed by atoms with E-state index in [9.17, 15) is 9.90 Å². The van der Waals surface area contributed by atoms with Crippen molar-refractivity contribution in [1.29, 1.82) is 0 Å². The number of carbonyl (C=O) groups excluding carboxylic acids is 1. The second-order valence-corrected chi connectivity index (χ2v) is 6.59. The first kappa shape index (κ1) is 17.4. The lowest BCUT2D eigenvalue weighted by atomic mass is 9.86. The normalized spacial score (nSPS) is 20.1. The van der Waals surface area contributed by atoms with Crippen LogP contribution in [0.25, 0.3) is 11.3 Å².